The van der Waals surface area contributed by atoms with Crippen molar-refractivity contribution in [3.63, 3.8) is 0 Å². The van der Waals surface area contributed by atoms with Gasteiger partial charge in [0.05, 0.1) is 5.69 Å². The number of nitrogens with zero attached hydrogens (tertiary/aromatic N) is 4. The highest BCUT2D eigenvalue weighted by molar-refractivity contribution is 7.80. The number of hydrogen-bond donors (Lipinski definition) is 1. The summed E-state index contributed by atoms with van der Waals surface area (Å²) in [4.78, 5) is 5.91. The predicted molar refractivity (Wildman–Crippen MR) is 96.1 cm³/mol. The van der Waals surface area contributed by atoms with Gasteiger partial charge in [-0.2, -0.15) is 22.8 Å². The molecule has 0 atom stereocenters. The SMILES string of the molecule is CC(C)c1cc(C(C)C)c(-n2nc(C(F)(F)F)nc2N(C)C)cc1S. The molecule has 0 radical (unpaired) electrons. The van der Waals surface area contributed by atoms with Crippen molar-refractivity contribution in [1.82, 2.24) is 14.8 Å². The Kier molecular flexibility index (Phi) is 5.41. The Balaban J connectivity index is 2.77. The van der Waals surface area contributed by atoms with Crippen LogP contribution < -0.4 is 4.90 Å². The van der Waals surface area contributed by atoms with Crippen molar-refractivity contribution >= 4 is 18.6 Å². The van der Waals surface area contributed by atoms with Gasteiger partial charge >= 0.3 is 6.18 Å². The minimum Gasteiger partial charge on any atom is -0.347 e. The summed E-state index contributed by atoms with van der Waals surface area (Å²) >= 11 is 4.53. The van der Waals surface area contributed by atoms with Crippen LogP contribution in [0.1, 0.15) is 56.5 Å². The van der Waals surface area contributed by atoms with Gasteiger partial charge in [0.2, 0.25) is 5.95 Å². The van der Waals surface area contributed by atoms with E-state index in [0.29, 0.717) is 5.69 Å². The Bertz CT molecular complexity index is 764. The quantitative estimate of drug-likeness (QED) is 0.776. The maximum Gasteiger partial charge on any atom is 0.453 e. The van der Waals surface area contributed by atoms with Crippen molar-refractivity contribution in [2.45, 2.75) is 50.6 Å². The van der Waals surface area contributed by atoms with Gasteiger partial charge in [0.1, 0.15) is 0 Å². The van der Waals surface area contributed by atoms with E-state index in [1.54, 1.807) is 20.2 Å². The van der Waals surface area contributed by atoms with Gasteiger partial charge in [-0.25, -0.2) is 0 Å². The van der Waals surface area contributed by atoms with Crippen molar-refractivity contribution in [2.75, 3.05) is 19.0 Å². The summed E-state index contributed by atoms with van der Waals surface area (Å²) < 4.78 is 40.5. The third-order valence-electron chi connectivity index (χ3n) is 3.89. The van der Waals surface area contributed by atoms with Crippen LogP contribution in [-0.2, 0) is 6.18 Å². The first-order valence-electron chi connectivity index (χ1n) is 8.02. The Morgan fingerprint density at radius 2 is 1.60 bits per heavy atom. The lowest BCUT2D eigenvalue weighted by Gasteiger charge is -2.20. The maximum absolute atomic E-state index is 13.1. The van der Waals surface area contributed by atoms with Crippen LogP contribution in [0.3, 0.4) is 0 Å². The Hall–Kier alpha value is -1.70. The lowest BCUT2D eigenvalue weighted by molar-refractivity contribution is -0.144. The van der Waals surface area contributed by atoms with Crippen LogP contribution in [-0.4, -0.2) is 28.9 Å². The molecular formula is C17H23F3N4S. The first-order chi connectivity index (χ1) is 11.4. The molecule has 1 aromatic heterocycles. The molecule has 0 saturated heterocycles. The van der Waals surface area contributed by atoms with Crippen molar-refractivity contribution in [3.05, 3.63) is 29.1 Å². The van der Waals surface area contributed by atoms with Crippen molar-refractivity contribution in [3.8, 4) is 5.69 Å². The van der Waals surface area contributed by atoms with Gasteiger partial charge in [0, 0.05) is 19.0 Å². The molecule has 4 nitrogen and oxygen atoms in total. The van der Waals surface area contributed by atoms with E-state index in [4.69, 9.17) is 0 Å². The van der Waals surface area contributed by atoms with E-state index in [0.717, 1.165) is 16.0 Å². The van der Waals surface area contributed by atoms with Gasteiger partial charge in [0.25, 0.3) is 5.82 Å². The van der Waals surface area contributed by atoms with E-state index >= 15 is 0 Å². The van der Waals surface area contributed by atoms with Crippen LogP contribution in [0.4, 0.5) is 19.1 Å². The zero-order chi connectivity index (χ0) is 19.1. The minimum absolute atomic E-state index is 0.106. The topological polar surface area (TPSA) is 34.0 Å². The highest BCUT2D eigenvalue weighted by Gasteiger charge is 2.38. The molecule has 0 amide bonds. The number of hydrogen-bond acceptors (Lipinski definition) is 4. The Morgan fingerprint density at radius 3 is 2.04 bits per heavy atom. The fraction of sp³-hybridized carbons (Fsp3) is 0.529. The highest BCUT2D eigenvalue weighted by Crippen LogP contribution is 2.35. The molecule has 0 aliphatic rings. The van der Waals surface area contributed by atoms with E-state index in [1.165, 1.54) is 9.58 Å². The van der Waals surface area contributed by atoms with E-state index in [9.17, 15) is 13.2 Å². The molecule has 8 heteroatoms. The number of aromatic nitrogens is 3. The van der Waals surface area contributed by atoms with Crippen LogP contribution in [0.25, 0.3) is 5.69 Å². The van der Waals surface area contributed by atoms with Crippen molar-refractivity contribution < 1.29 is 13.2 Å². The molecule has 0 fully saturated rings. The second-order valence-corrected chi connectivity index (χ2v) is 7.30. The predicted octanol–water partition coefficient (Wildman–Crippen LogP) is 4.89. The molecule has 0 spiro atoms. The van der Waals surface area contributed by atoms with E-state index < -0.39 is 12.0 Å². The van der Waals surface area contributed by atoms with Gasteiger partial charge in [-0.05, 0) is 29.0 Å². The minimum atomic E-state index is -4.60. The molecule has 0 unspecified atom stereocenters. The molecule has 0 N–H and O–H groups in total. The average Bonchev–Trinajstić information content (AvgIpc) is 2.91. The second-order valence-electron chi connectivity index (χ2n) is 6.82. The molecule has 0 aliphatic carbocycles. The number of rotatable bonds is 4. The molecule has 25 heavy (non-hydrogen) atoms. The number of thiol groups is 1. The van der Waals surface area contributed by atoms with Crippen LogP contribution in [0.5, 0.6) is 0 Å². The zero-order valence-electron chi connectivity index (χ0n) is 15.2. The van der Waals surface area contributed by atoms with E-state index in [1.807, 2.05) is 19.9 Å². The second kappa shape index (κ2) is 6.90. The highest BCUT2D eigenvalue weighted by atomic mass is 32.1. The van der Waals surface area contributed by atoms with Gasteiger partial charge < -0.3 is 4.90 Å². The number of benzene rings is 1. The Morgan fingerprint density at radius 1 is 1.04 bits per heavy atom. The fourth-order valence-corrected chi connectivity index (χ4v) is 3.04. The van der Waals surface area contributed by atoms with Crippen molar-refractivity contribution in [2.24, 2.45) is 0 Å². The normalized spacial score (nSPS) is 12.3. The molecule has 0 saturated carbocycles. The summed E-state index contributed by atoms with van der Waals surface area (Å²) in [6.07, 6.45) is -4.60. The average molecular weight is 372 g/mol. The molecular weight excluding hydrogens is 349 g/mol. The third-order valence-corrected chi connectivity index (χ3v) is 4.28. The standard InChI is InChI=1S/C17H23F3N4S/c1-9(2)11-7-12(10(3)4)14(25)8-13(11)24-16(23(5)6)21-15(22-24)17(18,19)20/h7-10,25H,1-6H3. The number of halogens is 3. The summed E-state index contributed by atoms with van der Waals surface area (Å²) in [6, 6.07) is 3.77. The summed E-state index contributed by atoms with van der Waals surface area (Å²) in [5.41, 5.74) is 2.53. The van der Waals surface area contributed by atoms with E-state index in [2.05, 4.69) is 36.6 Å². The van der Waals surface area contributed by atoms with Crippen LogP contribution in [0, 0.1) is 0 Å². The lowest BCUT2D eigenvalue weighted by Crippen LogP contribution is -2.16. The smallest absolute Gasteiger partial charge is 0.347 e. The third kappa shape index (κ3) is 3.94. The summed E-state index contributed by atoms with van der Waals surface area (Å²) in [5, 5.41) is 3.74. The summed E-state index contributed by atoms with van der Waals surface area (Å²) in [5.74, 6) is -0.664. The zero-order valence-corrected chi connectivity index (χ0v) is 16.1. The van der Waals surface area contributed by atoms with Crippen LogP contribution in [0.15, 0.2) is 17.0 Å². The lowest BCUT2D eigenvalue weighted by atomic mass is 9.94. The van der Waals surface area contributed by atoms with Gasteiger partial charge in [-0.15, -0.1) is 17.7 Å². The largest absolute Gasteiger partial charge is 0.453 e. The first-order valence-corrected chi connectivity index (χ1v) is 8.47. The molecule has 1 heterocycles. The van der Waals surface area contributed by atoms with Crippen molar-refractivity contribution in [1.29, 1.82) is 0 Å². The monoisotopic (exact) mass is 372 g/mol. The first kappa shape index (κ1) is 19.6. The fourth-order valence-electron chi connectivity index (χ4n) is 2.59. The molecule has 2 aromatic rings. The van der Waals surface area contributed by atoms with Crippen LogP contribution >= 0.6 is 12.6 Å². The van der Waals surface area contributed by atoms with Gasteiger partial charge in [0.15, 0.2) is 0 Å². The van der Waals surface area contributed by atoms with Gasteiger partial charge in [-0.3, -0.25) is 0 Å². The molecule has 2 rings (SSSR count). The van der Waals surface area contributed by atoms with E-state index in [-0.39, 0.29) is 17.8 Å². The Labute approximate surface area is 151 Å². The summed E-state index contributed by atoms with van der Waals surface area (Å²) in [7, 11) is 3.28. The van der Waals surface area contributed by atoms with Gasteiger partial charge in [-0.1, -0.05) is 33.8 Å². The maximum atomic E-state index is 13.1. The molecule has 1 aromatic carbocycles. The molecule has 138 valence electrons. The number of anilines is 1. The molecule has 0 bridgehead atoms. The molecule has 0 aliphatic heterocycles. The summed E-state index contributed by atoms with van der Waals surface area (Å²) in [6.45, 7) is 8.11. The van der Waals surface area contributed by atoms with Crippen LogP contribution in [0.2, 0.25) is 0 Å². The number of alkyl halides is 3.